The van der Waals surface area contributed by atoms with Crippen LogP contribution in [0.3, 0.4) is 0 Å². The maximum Gasteiger partial charge on any atom is 0.194 e. The van der Waals surface area contributed by atoms with Crippen molar-refractivity contribution in [2.75, 3.05) is 20.1 Å². The van der Waals surface area contributed by atoms with Crippen LogP contribution in [-0.4, -0.2) is 43.1 Å². The number of halogens is 2. The molecule has 0 radical (unpaired) electrons. The Balaban J connectivity index is 0.00000192. The van der Waals surface area contributed by atoms with Crippen molar-refractivity contribution in [1.29, 1.82) is 0 Å². The van der Waals surface area contributed by atoms with E-state index >= 15 is 0 Å². The minimum atomic E-state index is -0.218. The van der Waals surface area contributed by atoms with E-state index in [0.29, 0.717) is 6.04 Å². The van der Waals surface area contributed by atoms with Gasteiger partial charge in [0.1, 0.15) is 11.9 Å². The number of morpholine rings is 1. The molecular formula is C17H25FIN3O. The zero-order valence-corrected chi connectivity index (χ0v) is 16.2. The van der Waals surface area contributed by atoms with Crippen LogP contribution in [0.25, 0.3) is 0 Å². The number of hydrogen-bond acceptors (Lipinski definition) is 2. The zero-order valence-electron chi connectivity index (χ0n) is 13.8. The molecule has 0 amide bonds. The molecule has 6 heteroatoms. The fourth-order valence-electron chi connectivity index (χ4n) is 2.97. The third-order valence-electron chi connectivity index (χ3n) is 4.44. The predicted octanol–water partition coefficient (Wildman–Crippen LogP) is 3.19. The fraction of sp³-hybridized carbons (Fsp3) is 0.588. The van der Waals surface area contributed by atoms with Crippen molar-refractivity contribution >= 4 is 29.9 Å². The van der Waals surface area contributed by atoms with E-state index in [0.717, 1.165) is 30.5 Å². The highest BCUT2D eigenvalue weighted by molar-refractivity contribution is 14.0. The third kappa shape index (κ3) is 4.56. The van der Waals surface area contributed by atoms with Crippen molar-refractivity contribution in [1.82, 2.24) is 10.2 Å². The van der Waals surface area contributed by atoms with Gasteiger partial charge >= 0.3 is 0 Å². The molecule has 1 aromatic rings. The summed E-state index contributed by atoms with van der Waals surface area (Å²) in [5.41, 5.74) is 1.01. The van der Waals surface area contributed by atoms with Gasteiger partial charge in [-0.05, 0) is 37.0 Å². The minimum Gasteiger partial charge on any atom is -0.367 e. The topological polar surface area (TPSA) is 36.9 Å². The van der Waals surface area contributed by atoms with Gasteiger partial charge in [0.25, 0.3) is 0 Å². The van der Waals surface area contributed by atoms with E-state index in [1.54, 1.807) is 12.1 Å². The molecule has 0 aromatic heterocycles. The van der Waals surface area contributed by atoms with Gasteiger partial charge in [0.05, 0.1) is 12.6 Å². The molecular weight excluding hydrogens is 408 g/mol. The quantitative estimate of drug-likeness (QED) is 0.442. The molecule has 1 N–H and O–H groups in total. The molecule has 4 atom stereocenters. The van der Waals surface area contributed by atoms with Crippen LogP contribution in [0.1, 0.15) is 31.9 Å². The average molecular weight is 433 g/mol. The summed E-state index contributed by atoms with van der Waals surface area (Å²) in [6, 6.07) is 7.12. The van der Waals surface area contributed by atoms with E-state index in [2.05, 4.69) is 29.1 Å². The summed E-state index contributed by atoms with van der Waals surface area (Å²) in [5.74, 6) is 1.45. The molecule has 4 unspecified atom stereocenters. The molecule has 1 saturated heterocycles. The Labute approximate surface area is 154 Å². The fourth-order valence-corrected chi connectivity index (χ4v) is 2.97. The summed E-state index contributed by atoms with van der Waals surface area (Å²) in [6.07, 6.45) is 1.26. The van der Waals surface area contributed by atoms with Gasteiger partial charge in [-0.15, -0.1) is 24.0 Å². The van der Waals surface area contributed by atoms with Gasteiger partial charge in [-0.3, -0.25) is 4.99 Å². The first kappa shape index (κ1) is 18.4. The molecule has 1 heterocycles. The SMILES string of the molecule is CN=C(NC1CC1C)N1CC(C)OC(c2ccc(F)cc2)C1.I. The number of nitrogens with one attached hydrogen (secondary N) is 1. The van der Waals surface area contributed by atoms with Gasteiger partial charge in [-0.2, -0.15) is 0 Å². The molecule has 128 valence electrons. The molecule has 1 aromatic carbocycles. The van der Waals surface area contributed by atoms with Crippen LogP contribution in [0.5, 0.6) is 0 Å². The van der Waals surface area contributed by atoms with E-state index in [1.807, 2.05) is 7.05 Å². The van der Waals surface area contributed by atoms with E-state index in [-0.39, 0.29) is 42.0 Å². The Bertz CT molecular complexity index is 551. The van der Waals surface area contributed by atoms with Crippen molar-refractivity contribution in [2.24, 2.45) is 10.9 Å². The molecule has 3 rings (SSSR count). The van der Waals surface area contributed by atoms with Crippen LogP contribution in [-0.2, 0) is 4.74 Å². The first-order valence-corrected chi connectivity index (χ1v) is 7.96. The number of benzene rings is 1. The highest BCUT2D eigenvalue weighted by atomic mass is 127. The number of aliphatic imine (C=N–C) groups is 1. The van der Waals surface area contributed by atoms with Gasteiger partial charge in [-0.25, -0.2) is 4.39 Å². The Morgan fingerprint density at radius 2 is 1.91 bits per heavy atom. The summed E-state index contributed by atoms with van der Waals surface area (Å²) < 4.78 is 19.1. The van der Waals surface area contributed by atoms with Crippen LogP contribution in [0.4, 0.5) is 4.39 Å². The molecule has 2 aliphatic rings. The van der Waals surface area contributed by atoms with Gasteiger partial charge in [0.2, 0.25) is 0 Å². The van der Waals surface area contributed by atoms with Crippen LogP contribution in [0.2, 0.25) is 0 Å². The largest absolute Gasteiger partial charge is 0.367 e. The lowest BCUT2D eigenvalue weighted by atomic mass is 10.1. The molecule has 0 spiro atoms. The maximum atomic E-state index is 13.1. The van der Waals surface area contributed by atoms with Crippen molar-refractivity contribution in [3.8, 4) is 0 Å². The third-order valence-corrected chi connectivity index (χ3v) is 4.44. The van der Waals surface area contributed by atoms with Crippen LogP contribution < -0.4 is 5.32 Å². The first-order chi connectivity index (χ1) is 10.6. The summed E-state index contributed by atoms with van der Waals surface area (Å²) in [5, 5.41) is 3.52. The summed E-state index contributed by atoms with van der Waals surface area (Å²) in [7, 11) is 1.82. The maximum absolute atomic E-state index is 13.1. The van der Waals surface area contributed by atoms with Crippen LogP contribution >= 0.6 is 24.0 Å². The normalized spacial score (nSPS) is 30.6. The first-order valence-electron chi connectivity index (χ1n) is 7.96. The Morgan fingerprint density at radius 1 is 1.26 bits per heavy atom. The Hall–Kier alpha value is -0.890. The summed E-state index contributed by atoms with van der Waals surface area (Å²) >= 11 is 0. The van der Waals surface area contributed by atoms with Crippen molar-refractivity contribution in [3.63, 3.8) is 0 Å². The number of rotatable bonds is 2. The minimum absolute atomic E-state index is 0. The van der Waals surface area contributed by atoms with Gasteiger partial charge in [0.15, 0.2) is 5.96 Å². The van der Waals surface area contributed by atoms with E-state index < -0.39 is 0 Å². The Morgan fingerprint density at radius 3 is 2.48 bits per heavy atom. The number of hydrogen-bond donors (Lipinski definition) is 1. The molecule has 4 nitrogen and oxygen atoms in total. The lowest BCUT2D eigenvalue weighted by Gasteiger charge is -2.38. The van der Waals surface area contributed by atoms with E-state index in [9.17, 15) is 4.39 Å². The van der Waals surface area contributed by atoms with E-state index in [4.69, 9.17) is 4.74 Å². The average Bonchev–Trinajstić information content (AvgIpc) is 3.20. The second-order valence-corrected chi connectivity index (χ2v) is 6.40. The van der Waals surface area contributed by atoms with Crippen LogP contribution in [0.15, 0.2) is 29.3 Å². The van der Waals surface area contributed by atoms with Crippen molar-refractivity contribution < 1.29 is 9.13 Å². The molecule has 2 fully saturated rings. The van der Waals surface area contributed by atoms with E-state index in [1.165, 1.54) is 18.6 Å². The number of nitrogens with zero attached hydrogens (tertiary/aromatic N) is 2. The number of ether oxygens (including phenoxy) is 1. The molecule has 1 saturated carbocycles. The second-order valence-electron chi connectivity index (χ2n) is 6.40. The second kappa shape index (κ2) is 7.79. The predicted molar refractivity (Wildman–Crippen MR) is 101 cm³/mol. The highest BCUT2D eigenvalue weighted by Gasteiger charge is 2.36. The zero-order chi connectivity index (χ0) is 15.7. The van der Waals surface area contributed by atoms with Gasteiger partial charge in [-0.1, -0.05) is 19.1 Å². The monoisotopic (exact) mass is 433 g/mol. The molecule has 23 heavy (non-hydrogen) atoms. The van der Waals surface area contributed by atoms with Crippen LogP contribution in [0, 0.1) is 11.7 Å². The highest BCUT2D eigenvalue weighted by Crippen LogP contribution is 2.30. The summed E-state index contributed by atoms with van der Waals surface area (Å²) in [6.45, 7) is 5.86. The molecule has 1 aliphatic carbocycles. The van der Waals surface area contributed by atoms with Gasteiger partial charge < -0.3 is 15.0 Å². The van der Waals surface area contributed by atoms with Crippen molar-refractivity contribution in [2.45, 2.75) is 38.5 Å². The lowest BCUT2D eigenvalue weighted by molar-refractivity contribution is -0.0605. The molecule has 1 aliphatic heterocycles. The smallest absolute Gasteiger partial charge is 0.194 e. The van der Waals surface area contributed by atoms with Gasteiger partial charge in [0, 0.05) is 19.6 Å². The van der Waals surface area contributed by atoms with Crippen molar-refractivity contribution in [3.05, 3.63) is 35.6 Å². The lowest BCUT2D eigenvalue weighted by Crippen LogP contribution is -2.51. The molecule has 0 bridgehead atoms. The number of guanidine groups is 1. The summed E-state index contributed by atoms with van der Waals surface area (Å²) in [4.78, 5) is 6.66. The Kier molecular flexibility index (Phi) is 6.25. The standard InChI is InChI=1S/C17H24FN3O.HI/c1-11-8-15(11)20-17(19-3)21-9-12(2)22-16(10-21)13-4-6-14(18)7-5-13;/h4-7,11-12,15-16H,8-10H2,1-3H3,(H,19,20);1H.